The number of rotatable bonds is 5. The Kier molecular flexibility index (Phi) is 7.55. The standard InChI is InChI=1S/C55H39NO/c1-55(2)51-21-10-8-18-46(51)47-31-28-42(35-52(47)55)56(40-26-23-37(24-27-40)36-13-4-3-5-14-36)41-29-32-54-50(34-41)49-33-39(44-20-12-16-38-15-6-7-17-43(38)44)25-30-45(49)48-19-9-11-22-53(48)57-54/h3-35H,1-2H3. The number of hydrogen-bond acceptors (Lipinski definition) is 2. The number of para-hydroxylation sites is 1. The normalized spacial score (nSPS) is 13.0. The van der Waals surface area contributed by atoms with Crippen LogP contribution in [-0.4, -0.2) is 0 Å². The Balaban J connectivity index is 1.11. The van der Waals surface area contributed by atoms with Crippen LogP contribution in [0.2, 0.25) is 0 Å². The predicted molar refractivity (Wildman–Crippen MR) is 238 cm³/mol. The molecule has 270 valence electrons. The summed E-state index contributed by atoms with van der Waals surface area (Å²) >= 11 is 0. The Morgan fingerprint density at radius 2 is 0.947 bits per heavy atom. The lowest BCUT2D eigenvalue weighted by atomic mass is 9.82. The number of hydrogen-bond donors (Lipinski definition) is 0. The maximum Gasteiger partial charge on any atom is 0.135 e. The molecule has 0 bridgehead atoms. The first-order valence-electron chi connectivity index (χ1n) is 19.8. The van der Waals surface area contributed by atoms with Crippen LogP contribution >= 0.6 is 0 Å². The molecule has 0 N–H and O–H groups in total. The fourth-order valence-electron chi connectivity index (χ4n) is 9.21. The summed E-state index contributed by atoms with van der Waals surface area (Å²) in [5.74, 6) is 1.70. The molecule has 0 saturated heterocycles. The largest absolute Gasteiger partial charge is 0.456 e. The van der Waals surface area contributed by atoms with Crippen molar-refractivity contribution >= 4 is 27.8 Å². The van der Waals surface area contributed by atoms with Crippen molar-refractivity contribution in [3.05, 3.63) is 211 Å². The van der Waals surface area contributed by atoms with E-state index in [0.717, 1.165) is 50.8 Å². The average molecular weight is 730 g/mol. The maximum atomic E-state index is 6.82. The van der Waals surface area contributed by atoms with E-state index in [-0.39, 0.29) is 5.41 Å². The Bertz CT molecular complexity index is 3010. The van der Waals surface area contributed by atoms with E-state index in [4.69, 9.17) is 4.74 Å². The lowest BCUT2D eigenvalue weighted by molar-refractivity contribution is 0.488. The molecule has 0 atom stereocenters. The molecule has 0 aromatic heterocycles. The van der Waals surface area contributed by atoms with E-state index in [2.05, 4.69) is 219 Å². The summed E-state index contributed by atoms with van der Waals surface area (Å²) in [5, 5.41) is 2.47. The molecule has 0 saturated carbocycles. The second-order valence-electron chi connectivity index (χ2n) is 15.7. The molecule has 1 aliphatic heterocycles. The highest BCUT2D eigenvalue weighted by Crippen LogP contribution is 2.53. The first kappa shape index (κ1) is 33.2. The van der Waals surface area contributed by atoms with E-state index >= 15 is 0 Å². The zero-order valence-electron chi connectivity index (χ0n) is 31.9. The monoisotopic (exact) mass is 729 g/mol. The summed E-state index contributed by atoms with van der Waals surface area (Å²) in [4.78, 5) is 2.40. The quantitative estimate of drug-likeness (QED) is 0.175. The van der Waals surface area contributed by atoms with Gasteiger partial charge in [0, 0.05) is 33.6 Å². The summed E-state index contributed by atoms with van der Waals surface area (Å²) in [6, 6.07) is 72.6. The molecule has 9 aromatic rings. The molecule has 0 radical (unpaired) electrons. The van der Waals surface area contributed by atoms with Gasteiger partial charge < -0.3 is 9.64 Å². The molecular weight excluding hydrogens is 691 g/mol. The molecule has 0 amide bonds. The van der Waals surface area contributed by atoms with Gasteiger partial charge in [0.15, 0.2) is 0 Å². The molecule has 11 rings (SSSR count). The van der Waals surface area contributed by atoms with Crippen LogP contribution in [-0.2, 0) is 5.41 Å². The number of benzene rings is 9. The highest BCUT2D eigenvalue weighted by Gasteiger charge is 2.36. The predicted octanol–water partition coefficient (Wildman–Crippen LogP) is 15.4. The molecule has 2 aliphatic rings. The molecule has 0 spiro atoms. The van der Waals surface area contributed by atoms with Crippen LogP contribution in [0.4, 0.5) is 17.1 Å². The Morgan fingerprint density at radius 3 is 1.82 bits per heavy atom. The number of anilines is 3. The van der Waals surface area contributed by atoms with Crippen LogP contribution in [0.1, 0.15) is 25.0 Å². The van der Waals surface area contributed by atoms with Crippen molar-refractivity contribution in [3.8, 4) is 67.1 Å². The Labute approximate surface area is 333 Å². The minimum Gasteiger partial charge on any atom is -0.456 e. The second-order valence-corrected chi connectivity index (χ2v) is 15.7. The van der Waals surface area contributed by atoms with Crippen LogP contribution in [0.15, 0.2) is 200 Å². The van der Waals surface area contributed by atoms with Gasteiger partial charge in [-0.05, 0) is 121 Å². The van der Waals surface area contributed by atoms with Crippen LogP contribution in [0.3, 0.4) is 0 Å². The summed E-state index contributed by atoms with van der Waals surface area (Å²) in [6.07, 6.45) is 0. The Hall–Kier alpha value is -7.16. The van der Waals surface area contributed by atoms with Crippen molar-refractivity contribution in [3.63, 3.8) is 0 Å². The van der Waals surface area contributed by atoms with Gasteiger partial charge >= 0.3 is 0 Å². The Morgan fingerprint density at radius 1 is 0.351 bits per heavy atom. The minimum atomic E-state index is -0.130. The van der Waals surface area contributed by atoms with Crippen molar-refractivity contribution in [1.29, 1.82) is 0 Å². The molecule has 9 aromatic carbocycles. The summed E-state index contributed by atoms with van der Waals surface area (Å²) in [7, 11) is 0. The SMILES string of the molecule is CC1(C)c2ccccc2-c2ccc(N(c3ccc(-c4ccccc4)cc3)c3ccc4c(c3)-c3cc(-c5cccc6ccccc56)ccc3-c3ccccc3O4)cc21. The molecule has 0 fully saturated rings. The van der Waals surface area contributed by atoms with Gasteiger partial charge in [-0.25, -0.2) is 0 Å². The molecule has 1 heterocycles. The average Bonchev–Trinajstić information content (AvgIpc) is 3.40. The highest BCUT2D eigenvalue weighted by atomic mass is 16.5. The van der Waals surface area contributed by atoms with E-state index in [9.17, 15) is 0 Å². The van der Waals surface area contributed by atoms with Gasteiger partial charge in [0.1, 0.15) is 11.5 Å². The minimum absolute atomic E-state index is 0.130. The van der Waals surface area contributed by atoms with E-state index in [1.165, 1.54) is 55.3 Å². The summed E-state index contributed by atoms with van der Waals surface area (Å²) in [5.41, 5.74) is 17.7. The first-order chi connectivity index (χ1) is 28.0. The molecular formula is C55H39NO. The smallest absolute Gasteiger partial charge is 0.135 e. The van der Waals surface area contributed by atoms with Crippen LogP contribution in [0.5, 0.6) is 11.5 Å². The maximum absolute atomic E-state index is 6.82. The van der Waals surface area contributed by atoms with Crippen molar-refractivity contribution < 1.29 is 4.74 Å². The van der Waals surface area contributed by atoms with Crippen molar-refractivity contribution in [2.24, 2.45) is 0 Å². The molecule has 0 unspecified atom stereocenters. The van der Waals surface area contributed by atoms with Gasteiger partial charge in [-0.2, -0.15) is 0 Å². The topological polar surface area (TPSA) is 12.5 Å². The fourth-order valence-corrected chi connectivity index (χ4v) is 9.21. The van der Waals surface area contributed by atoms with Crippen molar-refractivity contribution in [2.75, 3.05) is 4.90 Å². The molecule has 2 nitrogen and oxygen atoms in total. The third kappa shape index (κ3) is 5.40. The highest BCUT2D eigenvalue weighted by molar-refractivity contribution is 6.00. The summed E-state index contributed by atoms with van der Waals surface area (Å²) in [6.45, 7) is 4.70. The van der Waals surface area contributed by atoms with Gasteiger partial charge in [-0.1, -0.05) is 159 Å². The van der Waals surface area contributed by atoms with Gasteiger partial charge in [-0.3, -0.25) is 0 Å². The van der Waals surface area contributed by atoms with Gasteiger partial charge in [0.2, 0.25) is 0 Å². The zero-order valence-corrected chi connectivity index (χ0v) is 31.9. The van der Waals surface area contributed by atoms with Gasteiger partial charge in [0.25, 0.3) is 0 Å². The lowest BCUT2D eigenvalue weighted by Crippen LogP contribution is -2.16. The van der Waals surface area contributed by atoms with Gasteiger partial charge in [-0.15, -0.1) is 0 Å². The molecule has 2 heteroatoms. The third-order valence-corrected chi connectivity index (χ3v) is 12.1. The first-order valence-corrected chi connectivity index (χ1v) is 19.8. The third-order valence-electron chi connectivity index (χ3n) is 12.1. The summed E-state index contributed by atoms with van der Waals surface area (Å²) < 4.78 is 6.82. The molecule has 57 heavy (non-hydrogen) atoms. The van der Waals surface area contributed by atoms with E-state index in [1.807, 2.05) is 0 Å². The number of fused-ring (bicyclic) bond motifs is 9. The van der Waals surface area contributed by atoms with Crippen molar-refractivity contribution in [2.45, 2.75) is 19.3 Å². The zero-order chi connectivity index (χ0) is 38.1. The molecule has 1 aliphatic carbocycles. The van der Waals surface area contributed by atoms with Crippen LogP contribution in [0.25, 0.3) is 66.4 Å². The number of nitrogens with zero attached hydrogens (tertiary/aromatic N) is 1. The van der Waals surface area contributed by atoms with Crippen molar-refractivity contribution in [1.82, 2.24) is 0 Å². The van der Waals surface area contributed by atoms with Gasteiger partial charge in [0.05, 0.1) is 0 Å². The van der Waals surface area contributed by atoms with Crippen LogP contribution < -0.4 is 9.64 Å². The lowest BCUT2D eigenvalue weighted by Gasteiger charge is -2.29. The van der Waals surface area contributed by atoms with E-state index in [0.29, 0.717) is 0 Å². The van der Waals surface area contributed by atoms with E-state index in [1.54, 1.807) is 0 Å². The second kappa shape index (κ2) is 13.0. The fraction of sp³-hybridized carbons (Fsp3) is 0.0545. The van der Waals surface area contributed by atoms with E-state index < -0.39 is 0 Å². The van der Waals surface area contributed by atoms with Crippen LogP contribution in [0, 0.1) is 0 Å². The number of ether oxygens (including phenoxy) is 1.